The summed E-state index contributed by atoms with van der Waals surface area (Å²) in [5.74, 6) is 0. The average molecular weight is 223 g/mol. The number of allylic oxidation sites excluding steroid dienone is 2. The number of hydrogen-bond acceptors (Lipinski definition) is 3. The van der Waals surface area contributed by atoms with Gasteiger partial charge in [0.05, 0.1) is 6.17 Å². The standard InChI is InChI=1S/C13H25N3/c1-2-3-4-5-6-7-8-13-15-10-12-16(13)11-9-14/h4-5,10,12-13,15H,2-3,6-9,11,14H2,1H3/b5-4+. The Balaban J connectivity index is 2.08. The monoisotopic (exact) mass is 223 g/mol. The van der Waals surface area contributed by atoms with Crippen LogP contribution in [0.2, 0.25) is 0 Å². The van der Waals surface area contributed by atoms with Gasteiger partial charge >= 0.3 is 0 Å². The first kappa shape index (κ1) is 13.1. The van der Waals surface area contributed by atoms with Gasteiger partial charge in [0.15, 0.2) is 0 Å². The molecule has 0 bridgehead atoms. The largest absolute Gasteiger partial charge is 0.370 e. The topological polar surface area (TPSA) is 41.3 Å². The van der Waals surface area contributed by atoms with Gasteiger partial charge in [-0.05, 0) is 25.7 Å². The van der Waals surface area contributed by atoms with Crippen molar-refractivity contribution in [3.8, 4) is 0 Å². The molecule has 1 unspecified atom stereocenters. The molecular formula is C13H25N3. The summed E-state index contributed by atoms with van der Waals surface area (Å²) in [6, 6.07) is 0. The number of nitrogens with one attached hydrogen (secondary N) is 1. The zero-order valence-electron chi connectivity index (χ0n) is 10.4. The van der Waals surface area contributed by atoms with Gasteiger partial charge in [0.1, 0.15) is 0 Å². The fourth-order valence-electron chi connectivity index (χ4n) is 1.91. The fraction of sp³-hybridized carbons (Fsp3) is 0.692. The molecule has 0 aromatic heterocycles. The molecule has 0 spiro atoms. The Hall–Kier alpha value is -0.960. The van der Waals surface area contributed by atoms with E-state index < -0.39 is 0 Å². The van der Waals surface area contributed by atoms with Crippen molar-refractivity contribution in [1.82, 2.24) is 10.2 Å². The summed E-state index contributed by atoms with van der Waals surface area (Å²) in [7, 11) is 0. The van der Waals surface area contributed by atoms with Gasteiger partial charge in [0, 0.05) is 25.5 Å². The van der Waals surface area contributed by atoms with Crippen LogP contribution < -0.4 is 11.1 Å². The van der Waals surface area contributed by atoms with Gasteiger partial charge in [-0.15, -0.1) is 0 Å². The first-order valence-corrected chi connectivity index (χ1v) is 6.42. The second kappa shape index (κ2) is 8.22. The van der Waals surface area contributed by atoms with Crippen molar-refractivity contribution in [1.29, 1.82) is 0 Å². The zero-order chi connectivity index (χ0) is 11.6. The lowest BCUT2D eigenvalue weighted by Crippen LogP contribution is -2.37. The summed E-state index contributed by atoms with van der Waals surface area (Å²) >= 11 is 0. The van der Waals surface area contributed by atoms with Crippen LogP contribution in [0.25, 0.3) is 0 Å². The number of hydrogen-bond donors (Lipinski definition) is 2. The van der Waals surface area contributed by atoms with E-state index in [2.05, 4.69) is 35.5 Å². The molecule has 3 nitrogen and oxygen atoms in total. The van der Waals surface area contributed by atoms with Gasteiger partial charge in [0.25, 0.3) is 0 Å². The molecule has 16 heavy (non-hydrogen) atoms. The Kier molecular flexibility index (Phi) is 6.74. The van der Waals surface area contributed by atoms with Crippen LogP contribution in [0.15, 0.2) is 24.6 Å². The summed E-state index contributed by atoms with van der Waals surface area (Å²) in [4.78, 5) is 2.29. The van der Waals surface area contributed by atoms with E-state index in [0.717, 1.165) is 13.1 Å². The molecule has 0 aromatic carbocycles. The van der Waals surface area contributed by atoms with E-state index in [0.29, 0.717) is 6.17 Å². The van der Waals surface area contributed by atoms with E-state index in [1.165, 1.54) is 32.1 Å². The predicted octanol–water partition coefficient (Wildman–Crippen LogP) is 2.17. The van der Waals surface area contributed by atoms with Crippen molar-refractivity contribution >= 4 is 0 Å². The SMILES string of the molecule is CCC/C=C/CCCC1NC=CN1CCN. The van der Waals surface area contributed by atoms with Crippen LogP contribution in [-0.2, 0) is 0 Å². The van der Waals surface area contributed by atoms with Crippen molar-refractivity contribution in [3.05, 3.63) is 24.6 Å². The van der Waals surface area contributed by atoms with Gasteiger partial charge in [0.2, 0.25) is 0 Å². The molecule has 0 saturated carbocycles. The Morgan fingerprint density at radius 2 is 2.19 bits per heavy atom. The summed E-state index contributed by atoms with van der Waals surface area (Å²) in [6.45, 7) is 3.88. The molecule has 0 radical (unpaired) electrons. The third-order valence-corrected chi connectivity index (χ3v) is 2.81. The van der Waals surface area contributed by atoms with Crippen molar-refractivity contribution in [3.63, 3.8) is 0 Å². The molecule has 1 aliphatic rings. The van der Waals surface area contributed by atoms with Crippen LogP contribution in [0, 0.1) is 0 Å². The maximum atomic E-state index is 5.57. The first-order valence-electron chi connectivity index (χ1n) is 6.42. The van der Waals surface area contributed by atoms with Crippen LogP contribution in [-0.4, -0.2) is 24.2 Å². The lowest BCUT2D eigenvalue weighted by Gasteiger charge is -2.24. The normalized spacial score (nSPS) is 19.6. The highest BCUT2D eigenvalue weighted by molar-refractivity contribution is 4.94. The second-order valence-electron chi connectivity index (χ2n) is 4.22. The zero-order valence-corrected chi connectivity index (χ0v) is 10.4. The van der Waals surface area contributed by atoms with Crippen LogP contribution in [0.3, 0.4) is 0 Å². The molecule has 3 heteroatoms. The quantitative estimate of drug-likeness (QED) is 0.489. The molecule has 1 heterocycles. The Morgan fingerprint density at radius 1 is 1.38 bits per heavy atom. The summed E-state index contributed by atoms with van der Waals surface area (Å²) in [5, 5.41) is 3.36. The Bertz CT molecular complexity index is 223. The minimum atomic E-state index is 0.461. The maximum absolute atomic E-state index is 5.57. The van der Waals surface area contributed by atoms with Crippen LogP contribution in [0.5, 0.6) is 0 Å². The lowest BCUT2D eigenvalue weighted by molar-refractivity contribution is 0.267. The lowest BCUT2D eigenvalue weighted by atomic mass is 10.1. The Labute approximate surface area is 99.4 Å². The second-order valence-corrected chi connectivity index (χ2v) is 4.22. The number of nitrogens with two attached hydrogens (primary N) is 1. The van der Waals surface area contributed by atoms with E-state index in [4.69, 9.17) is 5.73 Å². The van der Waals surface area contributed by atoms with Gasteiger partial charge < -0.3 is 16.0 Å². The minimum absolute atomic E-state index is 0.461. The molecule has 0 amide bonds. The highest BCUT2D eigenvalue weighted by Gasteiger charge is 2.16. The molecule has 0 aliphatic carbocycles. The van der Waals surface area contributed by atoms with Gasteiger partial charge in [-0.1, -0.05) is 25.5 Å². The van der Waals surface area contributed by atoms with E-state index in [1.54, 1.807) is 0 Å². The van der Waals surface area contributed by atoms with Crippen LogP contribution in [0.1, 0.15) is 39.0 Å². The number of nitrogens with zero attached hydrogens (tertiary/aromatic N) is 1. The molecule has 1 rings (SSSR count). The fourth-order valence-corrected chi connectivity index (χ4v) is 1.91. The average Bonchev–Trinajstić information content (AvgIpc) is 2.72. The van der Waals surface area contributed by atoms with E-state index in [-0.39, 0.29) is 0 Å². The molecule has 0 fully saturated rings. The maximum Gasteiger partial charge on any atom is 0.0981 e. The third kappa shape index (κ3) is 4.71. The van der Waals surface area contributed by atoms with Crippen molar-refractivity contribution in [2.24, 2.45) is 5.73 Å². The smallest absolute Gasteiger partial charge is 0.0981 e. The van der Waals surface area contributed by atoms with E-state index >= 15 is 0 Å². The third-order valence-electron chi connectivity index (χ3n) is 2.81. The Morgan fingerprint density at radius 3 is 2.94 bits per heavy atom. The molecule has 0 saturated heterocycles. The van der Waals surface area contributed by atoms with Crippen molar-refractivity contribution in [2.75, 3.05) is 13.1 Å². The van der Waals surface area contributed by atoms with Crippen molar-refractivity contribution < 1.29 is 0 Å². The summed E-state index contributed by atoms with van der Waals surface area (Å²) in [5.41, 5.74) is 5.57. The minimum Gasteiger partial charge on any atom is -0.370 e. The van der Waals surface area contributed by atoms with Crippen LogP contribution >= 0.6 is 0 Å². The highest BCUT2D eigenvalue weighted by Crippen LogP contribution is 2.11. The van der Waals surface area contributed by atoms with Crippen LogP contribution in [0.4, 0.5) is 0 Å². The molecule has 3 N–H and O–H groups in total. The summed E-state index contributed by atoms with van der Waals surface area (Å²) < 4.78 is 0. The van der Waals surface area contributed by atoms with Crippen molar-refractivity contribution in [2.45, 2.75) is 45.2 Å². The number of unbranched alkanes of at least 4 members (excludes halogenated alkanes) is 2. The molecule has 92 valence electrons. The van der Waals surface area contributed by atoms with Gasteiger partial charge in [-0.2, -0.15) is 0 Å². The highest BCUT2D eigenvalue weighted by atomic mass is 15.3. The predicted molar refractivity (Wildman–Crippen MR) is 69.7 cm³/mol. The number of rotatable bonds is 8. The van der Waals surface area contributed by atoms with Gasteiger partial charge in [-0.3, -0.25) is 0 Å². The van der Waals surface area contributed by atoms with E-state index in [9.17, 15) is 0 Å². The molecule has 0 aromatic rings. The van der Waals surface area contributed by atoms with E-state index in [1.807, 2.05) is 6.20 Å². The van der Waals surface area contributed by atoms with Gasteiger partial charge in [-0.25, -0.2) is 0 Å². The molecule has 1 aliphatic heterocycles. The molecule has 1 atom stereocenters. The molecular weight excluding hydrogens is 198 g/mol. The summed E-state index contributed by atoms with van der Waals surface area (Å²) in [6.07, 6.45) is 15.2. The first-order chi connectivity index (χ1) is 7.88.